The molecule has 21 heavy (non-hydrogen) atoms. The summed E-state index contributed by atoms with van der Waals surface area (Å²) in [7, 11) is 0. The number of nitrogens with one attached hydrogen (secondary N) is 2. The number of rotatable bonds is 6. The van der Waals surface area contributed by atoms with Crippen LogP contribution in [0.3, 0.4) is 0 Å². The van der Waals surface area contributed by atoms with E-state index in [9.17, 15) is 4.79 Å². The lowest BCUT2D eigenvalue weighted by molar-refractivity contribution is -0.126. The predicted molar refractivity (Wildman–Crippen MR) is 82.9 cm³/mol. The van der Waals surface area contributed by atoms with Crippen molar-refractivity contribution in [2.75, 3.05) is 19.8 Å². The number of carbonyl (C=O) groups is 1. The van der Waals surface area contributed by atoms with Gasteiger partial charge in [-0.1, -0.05) is 13.3 Å². The molecule has 3 rings (SSSR count). The molecule has 1 aliphatic heterocycles. The highest BCUT2D eigenvalue weighted by molar-refractivity contribution is 5.80. The van der Waals surface area contributed by atoms with Crippen LogP contribution < -0.4 is 10.6 Å². The molecule has 3 fully saturated rings. The van der Waals surface area contributed by atoms with E-state index in [4.69, 9.17) is 4.74 Å². The van der Waals surface area contributed by atoms with Crippen molar-refractivity contribution in [3.8, 4) is 0 Å². The summed E-state index contributed by atoms with van der Waals surface area (Å²) in [5.41, 5.74) is 0. The van der Waals surface area contributed by atoms with Gasteiger partial charge in [0.15, 0.2) is 0 Å². The number of ether oxygens (including phenoxy) is 1. The Labute approximate surface area is 128 Å². The summed E-state index contributed by atoms with van der Waals surface area (Å²) in [5.74, 6) is 2.68. The van der Waals surface area contributed by atoms with E-state index >= 15 is 0 Å². The zero-order valence-corrected chi connectivity index (χ0v) is 13.4. The van der Waals surface area contributed by atoms with Gasteiger partial charge in [-0.3, -0.25) is 4.79 Å². The third kappa shape index (κ3) is 3.26. The van der Waals surface area contributed by atoms with Crippen LogP contribution in [-0.2, 0) is 9.53 Å². The van der Waals surface area contributed by atoms with Crippen LogP contribution >= 0.6 is 0 Å². The number of hydrogen-bond donors (Lipinski definition) is 2. The highest BCUT2D eigenvalue weighted by atomic mass is 16.5. The summed E-state index contributed by atoms with van der Waals surface area (Å²) >= 11 is 0. The van der Waals surface area contributed by atoms with Crippen LogP contribution in [0.5, 0.6) is 0 Å². The molecule has 0 radical (unpaired) electrons. The second-order valence-corrected chi connectivity index (χ2v) is 7.34. The molecule has 4 heteroatoms. The van der Waals surface area contributed by atoms with Crippen LogP contribution in [0, 0.1) is 23.7 Å². The van der Waals surface area contributed by atoms with Gasteiger partial charge >= 0.3 is 0 Å². The van der Waals surface area contributed by atoms with Crippen LogP contribution in [0.15, 0.2) is 0 Å². The topological polar surface area (TPSA) is 50.4 Å². The van der Waals surface area contributed by atoms with Crippen LogP contribution in [0.4, 0.5) is 0 Å². The van der Waals surface area contributed by atoms with Crippen LogP contribution in [0.1, 0.15) is 46.0 Å². The van der Waals surface area contributed by atoms with Gasteiger partial charge in [0.25, 0.3) is 0 Å². The molecule has 0 aromatic rings. The van der Waals surface area contributed by atoms with E-state index in [-0.39, 0.29) is 17.9 Å². The third-order valence-electron chi connectivity index (χ3n) is 5.88. The van der Waals surface area contributed by atoms with Crippen LogP contribution in [0.25, 0.3) is 0 Å². The van der Waals surface area contributed by atoms with E-state index in [1.165, 1.54) is 25.7 Å². The van der Waals surface area contributed by atoms with E-state index in [0.29, 0.717) is 25.2 Å². The number of amides is 1. The summed E-state index contributed by atoms with van der Waals surface area (Å²) < 4.78 is 5.52. The Morgan fingerprint density at radius 2 is 2.14 bits per heavy atom. The summed E-state index contributed by atoms with van der Waals surface area (Å²) in [6.07, 6.45) is 6.61. The third-order valence-corrected chi connectivity index (χ3v) is 5.88. The van der Waals surface area contributed by atoms with Gasteiger partial charge in [-0.2, -0.15) is 0 Å². The lowest BCUT2D eigenvalue weighted by Crippen LogP contribution is -2.48. The normalized spacial score (nSPS) is 39.6. The minimum Gasteiger partial charge on any atom is -0.379 e. The molecule has 6 unspecified atom stereocenters. The van der Waals surface area contributed by atoms with Gasteiger partial charge < -0.3 is 15.4 Å². The van der Waals surface area contributed by atoms with Crippen LogP contribution in [0.2, 0.25) is 0 Å². The predicted octanol–water partition coefficient (Wildman–Crippen LogP) is 1.94. The van der Waals surface area contributed by atoms with Gasteiger partial charge in [0, 0.05) is 12.1 Å². The second-order valence-electron chi connectivity index (χ2n) is 7.34. The minimum absolute atomic E-state index is 0.0161. The molecular weight excluding hydrogens is 264 g/mol. The first-order valence-electron chi connectivity index (χ1n) is 8.80. The minimum atomic E-state index is -0.0161. The van der Waals surface area contributed by atoms with Gasteiger partial charge in [-0.25, -0.2) is 0 Å². The second kappa shape index (κ2) is 6.66. The van der Waals surface area contributed by atoms with Gasteiger partial charge in [-0.05, 0) is 56.9 Å². The van der Waals surface area contributed by atoms with E-state index in [0.717, 1.165) is 24.8 Å². The first-order valence-corrected chi connectivity index (χ1v) is 8.80. The fraction of sp³-hybridized carbons (Fsp3) is 0.941. The van der Waals surface area contributed by atoms with Crippen molar-refractivity contribution < 1.29 is 9.53 Å². The maximum atomic E-state index is 12.6. The van der Waals surface area contributed by atoms with Gasteiger partial charge in [0.1, 0.15) is 0 Å². The van der Waals surface area contributed by atoms with Crippen molar-refractivity contribution in [2.24, 2.45) is 23.7 Å². The van der Waals surface area contributed by atoms with Gasteiger partial charge in [0.2, 0.25) is 5.91 Å². The maximum absolute atomic E-state index is 12.6. The van der Waals surface area contributed by atoms with E-state index in [2.05, 4.69) is 24.5 Å². The van der Waals surface area contributed by atoms with Crippen molar-refractivity contribution in [3.05, 3.63) is 0 Å². The highest BCUT2D eigenvalue weighted by Crippen LogP contribution is 2.49. The summed E-state index contributed by atoms with van der Waals surface area (Å²) in [6, 6.07) is 0.511. The average molecular weight is 294 g/mol. The van der Waals surface area contributed by atoms with Crippen molar-refractivity contribution in [1.82, 2.24) is 10.6 Å². The summed E-state index contributed by atoms with van der Waals surface area (Å²) in [5, 5.41) is 6.74. The SMILES string of the molecule is CCCNC1COCC1C(=O)NC(C)C1CC2CCC1C2. The molecule has 2 saturated carbocycles. The summed E-state index contributed by atoms with van der Waals surface area (Å²) in [4.78, 5) is 12.6. The Kier molecular flexibility index (Phi) is 4.85. The monoisotopic (exact) mass is 294 g/mol. The van der Waals surface area contributed by atoms with E-state index in [1.54, 1.807) is 0 Å². The van der Waals surface area contributed by atoms with Crippen LogP contribution in [-0.4, -0.2) is 37.7 Å². The maximum Gasteiger partial charge on any atom is 0.227 e. The Bertz CT molecular complexity index is 374. The molecular formula is C17H30N2O2. The zero-order valence-electron chi connectivity index (χ0n) is 13.4. The first kappa shape index (κ1) is 15.3. The molecule has 2 aliphatic carbocycles. The molecule has 2 bridgehead atoms. The molecule has 0 spiro atoms. The first-order chi connectivity index (χ1) is 10.2. The van der Waals surface area contributed by atoms with E-state index < -0.39 is 0 Å². The van der Waals surface area contributed by atoms with Gasteiger partial charge in [-0.15, -0.1) is 0 Å². The fourth-order valence-corrected chi connectivity index (χ4v) is 4.69. The molecule has 1 heterocycles. The molecule has 4 nitrogen and oxygen atoms in total. The molecule has 0 aromatic heterocycles. The van der Waals surface area contributed by atoms with Crippen molar-refractivity contribution in [3.63, 3.8) is 0 Å². The number of carbonyl (C=O) groups excluding carboxylic acids is 1. The standard InChI is InChI=1S/C17H30N2O2/c1-3-6-18-16-10-21-9-15(16)17(20)19-11(2)14-8-12-4-5-13(14)7-12/h11-16,18H,3-10H2,1-2H3,(H,19,20). The summed E-state index contributed by atoms with van der Waals surface area (Å²) in [6.45, 7) is 6.54. The van der Waals surface area contributed by atoms with Gasteiger partial charge in [0.05, 0.1) is 19.1 Å². The van der Waals surface area contributed by atoms with Crippen molar-refractivity contribution in [1.29, 1.82) is 0 Å². The lowest BCUT2D eigenvalue weighted by Gasteiger charge is -2.30. The highest BCUT2D eigenvalue weighted by Gasteiger charge is 2.43. The lowest BCUT2D eigenvalue weighted by atomic mass is 9.83. The Morgan fingerprint density at radius 1 is 1.29 bits per heavy atom. The molecule has 1 amide bonds. The molecule has 120 valence electrons. The largest absolute Gasteiger partial charge is 0.379 e. The van der Waals surface area contributed by atoms with E-state index in [1.807, 2.05) is 0 Å². The quantitative estimate of drug-likeness (QED) is 0.787. The zero-order chi connectivity index (χ0) is 14.8. The van der Waals surface area contributed by atoms with Crippen molar-refractivity contribution in [2.45, 2.75) is 58.0 Å². The molecule has 2 N–H and O–H groups in total. The molecule has 6 atom stereocenters. The number of fused-ring (bicyclic) bond motifs is 2. The number of hydrogen-bond acceptors (Lipinski definition) is 3. The average Bonchev–Trinajstić information content (AvgIpc) is 3.20. The Balaban J connectivity index is 1.51. The molecule has 1 saturated heterocycles. The fourth-order valence-electron chi connectivity index (χ4n) is 4.69. The Morgan fingerprint density at radius 3 is 2.81 bits per heavy atom. The Hall–Kier alpha value is -0.610. The molecule has 3 aliphatic rings. The smallest absolute Gasteiger partial charge is 0.227 e. The molecule has 0 aromatic carbocycles. The van der Waals surface area contributed by atoms with Crippen molar-refractivity contribution >= 4 is 5.91 Å².